The third-order valence-corrected chi connectivity index (χ3v) is 6.66. The quantitative estimate of drug-likeness (QED) is 0.773. The Bertz CT molecular complexity index is 927. The number of benzene rings is 2. The second-order valence-electron chi connectivity index (χ2n) is 5.88. The highest BCUT2D eigenvalue weighted by atomic mass is 79.9. The Kier molecular flexibility index (Phi) is 5.09. The summed E-state index contributed by atoms with van der Waals surface area (Å²) in [5.74, 6) is -0.209. The molecule has 0 aliphatic carbocycles. The molecule has 1 aliphatic rings. The first kappa shape index (κ1) is 18.2. The van der Waals surface area contributed by atoms with Crippen molar-refractivity contribution >= 4 is 54.8 Å². The highest BCUT2D eigenvalue weighted by molar-refractivity contribution is 9.10. The SMILES string of the molecule is Cc1cc(Cl)cc(NC(=O)c2cc(N3CCCS3(=O)=O)ccc2Br)c1. The van der Waals surface area contributed by atoms with Gasteiger partial charge >= 0.3 is 0 Å². The van der Waals surface area contributed by atoms with Crippen LogP contribution in [0.4, 0.5) is 11.4 Å². The van der Waals surface area contributed by atoms with Gasteiger partial charge in [0, 0.05) is 21.7 Å². The average molecular weight is 444 g/mol. The van der Waals surface area contributed by atoms with Gasteiger partial charge in [-0.2, -0.15) is 0 Å². The number of anilines is 2. The zero-order chi connectivity index (χ0) is 18.2. The van der Waals surface area contributed by atoms with E-state index in [0.717, 1.165) is 5.56 Å². The highest BCUT2D eigenvalue weighted by Gasteiger charge is 2.29. The minimum Gasteiger partial charge on any atom is -0.322 e. The van der Waals surface area contributed by atoms with Crippen LogP contribution in [0, 0.1) is 6.92 Å². The Morgan fingerprint density at radius 3 is 2.64 bits per heavy atom. The topological polar surface area (TPSA) is 66.5 Å². The summed E-state index contributed by atoms with van der Waals surface area (Å²) in [4.78, 5) is 12.6. The lowest BCUT2D eigenvalue weighted by molar-refractivity contribution is 0.102. The van der Waals surface area contributed by atoms with Crippen LogP contribution in [-0.2, 0) is 10.0 Å². The molecule has 1 N–H and O–H groups in total. The molecule has 2 aromatic rings. The molecule has 0 unspecified atom stereocenters. The molecular formula is C17H16BrClN2O3S. The van der Waals surface area contributed by atoms with Crippen molar-refractivity contribution in [1.82, 2.24) is 0 Å². The van der Waals surface area contributed by atoms with E-state index in [9.17, 15) is 13.2 Å². The first-order chi connectivity index (χ1) is 11.8. The first-order valence-corrected chi connectivity index (χ1v) is 10.4. The predicted octanol–water partition coefficient (Wildman–Crippen LogP) is 4.20. The lowest BCUT2D eigenvalue weighted by atomic mass is 10.1. The van der Waals surface area contributed by atoms with Gasteiger partial charge in [-0.3, -0.25) is 9.10 Å². The third kappa shape index (κ3) is 3.99. The minimum atomic E-state index is -3.30. The van der Waals surface area contributed by atoms with E-state index in [1.165, 1.54) is 4.31 Å². The Morgan fingerprint density at radius 2 is 2.00 bits per heavy atom. The molecule has 1 saturated heterocycles. The van der Waals surface area contributed by atoms with Crippen molar-refractivity contribution in [2.45, 2.75) is 13.3 Å². The van der Waals surface area contributed by atoms with Crippen molar-refractivity contribution < 1.29 is 13.2 Å². The largest absolute Gasteiger partial charge is 0.322 e. The first-order valence-electron chi connectivity index (χ1n) is 7.65. The van der Waals surface area contributed by atoms with Crippen LogP contribution in [-0.4, -0.2) is 26.6 Å². The Labute approximate surface area is 160 Å². The van der Waals surface area contributed by atoms with E-state index < -0.39 is 10.0 Å². The molecule has 3 rings (SSSR count). The van der Waals surface area contributed by atoms with Crippen molar-refractivity contribution in [3.05, 3.63) is 57.0 Å². The summed E-state index contributed by atoms with van der Waals surface area (Å²) in [6.45, 7) is 2.31. The zero-order valence-corrected chi connectivity index (χ0v) is 16.6. The molecule has 25 heavy (non-hydrogen) atoms. The Hall–Kier alpha value is -1.57. The fourth-order valence-electron chi connectivity index (χ4n) is 2.78. The van der Waals surface area contributed by atoms with E-state index in [4.69, 9.17) is 11.6 Å². The normalized spacial score (nSPS) is 16.0. The van der Waals surface area contributed by atoms with Gasteiger partial charge in [0.15, 0.2) is 0 Å². The number of halogens is 2. The molecular weight excluding hydrogens is 428 g/mol. The Morgan fingerprint density at radius 1 is 1.24 bits per heavy atom. The number of nitrogens with one attached hydrogen (secondary N) is 1. The zero-order valence-electron chi connectivity index (χ0n) is 13.4. The van der Waals surface area contributed by atoms with Crippen LogP contribution in [0.15, 0.2) is 40.9 Å². The van der Waals surface area contributed by atoms with Crippen LogP contribution in [0.1, 0.15) is 22.3 Å². The van der Waals surface area contributed by atoms with Crippen molar-refractivity contribution in [2.24, 2.45) is 0 Å². The van der Waals surface area contributed by atoms with Crippen LogP contribution < -0.4 is 9.62 Å². The van der Waals surface area contributed by atoms with E-state index in [1.54, 1.807) is 30.3 Å². The molecule has 0 saturated carbocycles. The predicted molar refractivity (Wildman–Crippen MR) is 104 cm³/mol. The summed E-state index contributed by atoms with van der Waals surface area (Å²) in [6, 6.07) is 10.2. The maximum Gasteiger partial charge on any atom is 0.256 e. The summed E-state index contributed by atoms with van der Waals surface area (Å²) < 4.78 is 26.1. The number of nitrogens with zero attached hydrogens (tertiary/aromatic N) is 1. The van der Waals surface area contributed by atoms with Crippen LogP contribution in [0.5, 0.6) is 0 Å². The maximum atomic E-state index is 12.6. The smallest absolute Gasteiger partial charge is 0.256 e. The molecule has 2 aromatic carbocycles. The summed E-state index contributed by atoms with van der Waals surface area (Å²) in [5, 5.41) is 3.33. The number of sulfonamides is 1. The third-order valence-electron chi connectivity index (χ3n) is 3.88. The van der Waals surface area contributed by atoms with Crippen LogP contribution in [0.2, 0.25) is 5.02 Å². The molecule has 0 radical (unpaired) electrons. The summed E-state index contributed by atoms with van der Waals surface area (Å²) in [5.41, 5.74) is 2.37. The van der Waals surface area contributed by atoms with Crippen LogP contribution >= 0.6 is 27.5 Å². The number of carbonyl (C=O) groups excluding carboxylic acids is 1. The number of rotatable bonds is 3. The van der Waals surface area contributed by atoms with Crippen LogP contribution in [0.3, 0.4) is 0 Å². The van der Waals surface area contributed by atoms with Gasteiger partial charge in [0.05, 0.1) is 17.0 Å². The van der Waals surface area contributed by atoms with Crippen LogP contribution in [0.25, 0.3) is 0 Å². The molecule has 0 spiro atoms. The highest BCUT2D eigenvalue weighted by Crippen LogP contribution is 2.29. The fourth-order valence-corrected chi connectivity index (χ4v) is 5.05. The van der Waals surface area contributed by atoms with Gasteiger partial charge in [0.25, 0.3) is 5.91 Å². The van der Waals surface area contributed by atoms with Crippen molar-refractivity contribution in [3.63, 3.8) is 0 Å². The van der Waals surface area contributed by atoms with E-state index in [1.807, 2.05) is 13.0 Å². The standard InChI is InChI=1S/C17H16BrClN2O3S/c1-11-7-12(19)9-13(8-11)20-17(22)15-10-14(3-4-16(15)18)21-5-2-6-25(21,23)24/h3-4,7-10H,2,5-6H2,1H3,(H,20,22). The van der Waals surface area contributed by atoms with Gasteiger partial charge in [-0.1, -0.05) is 11.6 Å². The minimum absolute atomic E-state index is 0.131. The molecule has 1 amide bonds. The lowest BCUT2D eigenvalue weighted by Crippen LogP contribution is -2.25. The number of hydrogen-bond donors (Lipinski definition) is 1. The van der Waals surface area contributed by atoms with E-state index in [-0.39, 0.29) is 11.7 Å². The van der Waals surface area contributed by atoms with Gasteiger partial charge in [0.1, 0.15) is 0 Å². The average Bonchev–Trinajstić information content (AvgIpc) is 2.86. The summed E-state index contributed by atoms with van der Waals surface area (Å²) in [6.07, 6.45) is 0.585. The van der Waals surface area contributed by atoms with E-state index in [2.05, 4.69) is 21.2 Å². The molecule has 1 fully saturated rings. The number of amides is 1. The molecule has 0 bridgehead atoms. The number of carbonyl (C=O) groups is 1. The van der Waals surface area contributed by atoms with Gasteiger partial charge in [-0.25, -0.2) is 8.42 Å². The molecule has 1 heterocycles. The molecule has 0 aromatic heterocycles. The molecule has 5 nitrogen and oxygen atoms in total. The lowest BCUT2D eigenvalue weighted by Gasteiger charge is -2.18. The second-order valence-corrected chi connectivity index (χ2v) is 9.18. The summed E-state index contributed by atoms with van der Waals surface area (Å²) >= 11 is 9.38. The van der Waals surface area contributed by atoms with Crippen molar-refractivity contribution in [3.8, 4) is 0 Å². The van der Waals surface area contributed by atoms with Gasteiger partial charge in [-0.05, 0) is 71.2 Å². The Balaban J connectivity index is 1.91. The second kappa shape index (κ2) is 6.97. The van der Waals surface area contributed by atoms with E-state index >= 15 is 0 Å². The van der Waals surface area contributed by atoms with Crippen molar-refractivity contribution in [1.29, 1.82) is 0 Å². The monoisotopic (exact) mass is 442 g/mol. The molecule has 132 valence electrons. The number of aryl methyl sites for hydroxylation is 1. The van der Waals surface area contributed by atoms with E-state index in [0.29, 0.717) is 39.4 Å². The molecule has 0 atom stereocenters. The van der Waals surface area contributed by atoms with Gasteiger partial charge < -0.3 is 5.32 Å². The number of hydrogen-bond acceptors (Lipinski definition) is 3. The van der Waals surface area contributed by atoms with Crippen molar-refractivity contribution in [2.75, 3.05) is 21.9 Å². The maximum absolute atomic E-state index is 12.6. The van der Waals surface area contributed by atoms with Gasteiger partial charge in [-0.15, -0.1) is 0 Å². The van der Waals surface area contributed by atoms with Gasteiger partial charge in [0.2, 0.25) is 10.0 Å². The summed E-state index contributed by atoms with van der Waals surface area (Å²) in [7, 11) is -3.30. The molecule has 1 aliphatic heterocycles. The fraction of sp³-hybridized carbons (Fsp3) is 0.235. The molecule has 8 heteroatoms.